The second kappa shape index (κ2) is 5.95. The van der Waals surface area contributed by atoms with E-state index < -0.39 is 0 Å². The third-order valence-corrected chi connectivity index (χ3v) is 3.22. The molecule has 0 aliphatic rings. The number of hydrogen-bond donors (Lipinski definition) is 2. The van der Waals surface area contributed by atoms with E-state index in [9.17, 15) is 5.11 Å². The predicted octanol–water partition coefficient (Wildman–Crippen LogP) is 3.30. The van der Waals surface area contributed by atoms with E-state index >= 15 is 0 Å². The zero-order valence-corrected chi connectivity index (χ0v) is 11.4. The van der Waals surface area contributed by atoms with Gasteiger partial charge in [0.2, 0.25) is 0 Å². The van der Waals surface area contributed by atoms with Crippen LogP contribution >= 0.6 is 11.6 Å². The van der Waals surface area contributed by atoms with Crippen LogP contribution in [0.2, 0.25) is 5.02 Å². The average Bonchev–Trinajstić information content (AvgIpc) is 2.43. The summed E-state index contributed by atoms with van der Waals surface area (Å²) in [4.78, 5) is 0. The van der Waals surface area contributed by atoms with Crippen LogP contribution in [-0.2, 0) is 6.42 Å². The number of ether oxygens (including phenoxy) is 1. The lowest BCUT2D eigenvalue weighted by Crippen LogP contribution is -2.13. The van der Waals surface area contributed by atoms with Crippen molar-refractivity contribution in [2.45, 2.75) is 12.5 Å². The van der Waals surface area contributed by atoms with Gasteiger partial charge in [-0.15, -0.1) is 0 Å². The number of rotatable bonds is 4. The summed E-state index contributed by atoms with van der Waals surface area (Å²) in [5.41, 5.74) is 7.84. The van der Waals surface area contributed by atoms with Crippen LogP contribution in [0.25, 0.3) is 0 Å². The first-order valence-corrected chi connectivity index (χ1v) is 6.35. The van der Waals surface area contributed by atoms with Gasteiger partial charge in [-0.2, -0.15) is 0 Å². The molecule has 0 amide bonds. The van der Waals surface area contributed by atoms with Crippen LogP contribution in [0.3, 0.4) is 0 Å². The Morgan fingerprint density at radius 1 is 1.26 bits per heavy atom. The molecule has 100 valence electrons. The molecule has 0 radical (unpaired) electrons. The number of phenolic OH excluding ortho intramolecular Hbond substituents is 1. The van der Waals surface area contributed by atoms with Crippen molar-refractivity contribution in [3.8, 4) is 11.5 Å². The fourth-order valence-corrected chi connectivity index (χ4v) is 2.23. The Bertz CT molecular complexity index is 558. The highest BCUT2D eigenvalue weighted by atomic mass is 35.5. The summed E-state index contributed by atoms with van der Waals surface area (Å²) in [5.74, 6) is 0.459. The molecule has 0 fully saturated rings. The van der Waals surface area contributed by atoms with Crippen LogP contribution in [0.1, 0.15) is 17.2 Å². The van der Waals surface area contributed by atoms with E-state index in [0.29, 0.717) is 22.8 Å². The number of aromatic hydroxyl groups is 1. The van der Waals surface area contributed by atoms with Crippen LogP contribution in [-0.4, -0.2) is 12.2 Å². The number of nitrogens with two attached hydrogens (primary N) is 1. The largest absolute Gasteiger partial charge is 0.504 e. The van der Waals surface area contributed by atoms with Crippen molar-refractivity contribution in [1.82, 2.24) is 0 Å². The number of hydrogen-bond acceptors (Lipinski definition) is 3. The van der Waals surface area contributed by atoms with E-state index in [1.165, 1.54) is 7.11 Å². The summed E-state index contributed by atoms with van der Waals surface area (Å²) in [7, 11) is 1.49. The maximum absolute atomic E-state index is 10.1. The zero-order valence-electron chi connectivity index (χ0n) is 10.6. The topological polar surface area (TPSA) is 55.5 Å². The van der Waals surface area contributed by atoms with Gasteiger partial charge in [-0.05, 0) is 18.1 Å². The second-order valence-corrected chi connectivity index (χ2v) is 4.77. The maximum atomic E-state index is 10.1. The van der Waals surface area contributed by atoms with Crippen molar-refractivity contribution in [1.29, 1.82) is 0 Å². The molecular formula is C15H16ClNO2. The molecule has 0 heterocycles. The quantitative estimate of drug-likeness (QED) is 0.902. The van der Waals surface area contributed by atoms with Gasteiger partial charge in [0.15, 0.2) is 11.5 Å². The van der Waals surface area contributed by atoms with Gasteiger partial charge in [0.1, 0.15) is 0 Å². The van der Waals surface area contributed by atoms with Gasteiger partial charge in [0.05, 0.1) is 7.11 Å². The highest BCUT2D eigenvalue weighted by Crippen LogP contribution is 2.35. The van der Waals surface area contributed by atoms with Crippen molar-refractivity contribution in [2.75, 3.05) is 7.11 Å². The maximum Gasteiger partial charge on any atom is 0.162 e. The molecule has 0 bridgehead atoms. The smallest absolute Gasteiger partial charge is 0.162 e. The summed E-state index contributed by atoms with van der Waals surface area (Å²) in [6.45, 7) is 0. The van der Waals surface area contributed by atoms with E-state index in [2.05, 4.69) is 0 Å². The van der Waals surface area contributed by atoms with Gasteiger partial charge >= 0.3 is 0 Å². The highest BCUT2D eigenvalue weighted by molar-refractivity contribution is 6.30. The lowest BCUT2D eigenvalue weighted by Gasteiger charge is -2.15. The summed E-state index contributed by atoms with van der Waals surface area (Å²) >= 11 is 6.00. The number of phenols is 1. The molecule has 3 nitrogen and oxygen atoms in total. The van der Waals surface area contributed by atoms with E-state index in [1.54, 1.807) is 12.1 Å². The van der Waals surface area contributed by atoms with Crippen molar-refractivity contribution >= 4 is 11.6 Å². The highest BCUT2D eigenvalue weighted by Gasteiger charge is 2.14. The lowest BCUT2D eigenvalue weighted by molar-refractivity contribution is 0.370. The van der Waals surface area contributed by atoms with Crippen molar-refractivity contribution in [3.05, 3.63) is 58.6 Å². The van der Waals surface area contributed by atoms with E-state index in [-0.39, 0.29) is 11.8 Å². The van der Waals surface area contributed by atoms with Crippen LogP contribution in [0, 0.1) is 0 Å². The van der Waals surface area contributed by atoms with Crippen molar-refractivity contribution in [3.63, 3.8) is 0 Å². The lowest BCUT2D eigenvalue weighted by atomic mass is 9.99. The van der Waals surface area contributed by atoms with Gasteiger partial charge in [-0.1, -0.05) is 41.9 Å². The third-order valence-electron chi connectivity index (χ3n) is 3.01. The summed E-state index contributed by atoms with van der Waals surface area (Å²) in [6, 6.07) is 12.8. The van der Waals surface area contributed by atoms with Gasteiger partial charge in [0, 0.05) is 22.7 Å². The first-order chi connectivity index (χ1) is 9.11. The molecule has 19 heavy (non-hydrogen) atoms. The molecule has 0 aliphatic carbocycles. The fourth-order valence-electron chi connectivity index (χ4n) is 1.99. The molecule has 1 unspecified atom stereocenters. The molecule has 0 aliphatic heterocycles. The zero-order chi connectivity index (χ0) is 13.8. The van der Waals surface area contributed by atoms with Crippen LogP contribution < -0.4 is 10.5 Å². The third kappa shape index (κ3) is 3.19. The number of benzene rings is 2. The van der Waals surface area contributed by atoms with E-state index in [0.717, 1.165) is 5.56 Å². The summed E-state index contributed by atoms with van der Waals surface area (Å²) < 4.78 is 5.08. The molecule has 0 spiro atoms. The Labute approximate surface area is 117 Å². The molecule has 0 saturated carbocycles. The second-order valence-electron chi connectivity index (χ2n) is 4.34. The monoisotopic (exact) mass is 277 g/mol. The Hall–Kier alpha value is -1.71. The molecule has 2 rings (SSSR count). The van der Waals surface area contributed by atoms with Crippen LogP contribution in [0.15, 0.2) is 42.5 Å². The van der Waals surface area contributed by atoms with Crippen molar-refractivity contribution < 1.29 is 9.84 Å². The van der Waals surface area contributed by atoms with Gasteiger partial charge in [-0.3, -0.25) is 0 Å². The van der Waals surface area contributed by atoms with Gasteiger partial charge in [0.25, 0.3) is 0 Å². The minimum atomic E-state index is -0.199. The number of methoxy groups -OCH3 is 1. The fraction of sp³-hybridized carbons (Fsp3) is 0.200. The molecule has 4 heteroatoms. The standard InChI is InChI=1S/C15H16ClNO2/c1-19-14-9-12(16)7-11(15(14)18)8-13(17)10-5-3-2-4-6-10/h2-7,9,13,18H,8,17H2,1H3. The van der Waals surface area contributed by atoms with Gasteiger partial charge < -0.3 is 15.6 Å². The van der Waals surface area contributed by atoms with Crippen LogP contribution in [0.5, 0.6) is 11.5 Å². The van der Waals surface area contributed by atoms with E-state index in [1.807, 2.05) is 30.3 Å². The molecule has 0 saturated heterocycles. The Morgan fingerprint density at radius 2 is 1.95 bits per heavy atom. The Morgan fingerprint density at radius 3 is 2.58 bits per heavy atom. The van der Waals surface area contributed by atoms with Crippen molar-refractivity contribution in [2.24, 2.45) is 5.73 Å². The normalized spacial score (nSPS) is 12.2. The number of halogens is 1. The first kappa shape index (κ1) is 13.7. The first-order valence-electron chi connectivity index (χ1n) is 5.97. The molecular weight excluding hydrogens is 262 g/mol. The Balaban J connectivity index is 2.26. The minimum Gasteiger partial charge on any atom is -0.504 e. The van der Waals surface area contributed by atoms with Crippen LogP contribution in [0.4, 0.5) is 0 Å². The molecule has 3 N–H and O–H groups in total. The Kier molecular flexibility index (Phi) is 4.30. The van der Waals surface area contributed by atoms with E-state index in [4.69, 9.17) is 22.1 Å². The molecule has 1 atom stereocenters. The molecule has 2 aromatic rings. The predicted molar refractivity (Wildman–Crippen MR) is 76.7 cm³/mol. The SMILES string of the molecule is COc1cc(Cl)cc(CC(N)c2ccccc2)c1O. The molecule has 0 aromatic heterocycles. The van der Waals surface area contributed by atoms with Gasteiger partial charge in [-0.25, -0.2) is 0 Å². The average molecular weight is 278 g/mol. The molecule has 2 aromatic carbocycles. The summed E-state index contributed by atoms with van der Waals surface area (Å²) in [6.07, 6.45) is 0.493. The summed E-state index contributed by atoms with van der Waals surface area (Å²) in [5, 5.41) is 10.6. The minimum absolute atomic E-state index is 0.0956.